The second kappa shape index (κ2) is 21.8. The van der Waals surface area contributed by atoms with Crippen LogP contribution in [-0.2, 0) is 11.2 Å². The Morgan fingerprint density at radius 1 is 0.690 bits per heavy atom. The summed E-state index contributed by atoms with van der Waals surface area (Å²) >= 11 is 0. The molecular formula is C55H65F2N13O. The summed E-state index contributed by atoms with van der Waals surface area (Å²) < 4.78 is 50.6. The molecule has 16 heteroatoms. The highest BCUT2D eigenvalue weighted by atomic mass is 19.1. The lowest BCUT2D eigenvalue weighted by Gasteiger charge is -2.32. The topological polar surface area (TPSA) is 157 Å². The first-order chi connectivity index (χ1) is 34.8. The van der Waals surface area contributed by atoms with Crippen molar-refractivity contribution in [2.24, 2.45) is 10.8 Å². The molecule has 2 aliphatic rings. The van der Waals surface area contributed by atoms with Crippen LogP contribution in [0.2, 0.25) is 0 Å². The van der Waals surface area contributed by atoms with Gasteiger partial charge < -0.3 is 20.3 Å². The molecule has 4 aromatic heterocycles. The zero-order chi connectivity index (χ0) is 52.1. The summed E-state index contributed by atoms with van der Waals surface area (Å²) in [6, 6.07) is 23.6. The minimum Gasteiger partial charge on any atom is -0.368 e. The maximum Gasteiger partial charge on any atom is 0.156 e. The molecule has 2 N–H and O–H groups in total. The van der Waals surface area contributed by atoms with Gasteiger partial charge in [0.05, 0.1) is 37.7 Å². The van der Waals surface area contributed by atoms with E-state index in [1.807, 2.05) is 63.9 Å². The van der Waals surface area contributed by atoms with Crippen LogP contribution in [0, 0.1) is 22.5 Å². The molecule has 0 spiro atoms. The number of anilines is 3. The highest BCUT2D eigenvalue weighted by Crippen LogP contribution is 2.39. The number of fused-ring (bicyclic) bond motifs is 2. The minimum atomic E-state index is -1.41. The van der Waals surface area contributed by atoms with Gasteiger partial charge in [-0.25, -0.2) is 18.1 Å². The molecule has 0 bridgehead atoms. The summed E-state index contributed by atoms with van der Waals surface area (Å²) in [5, 5.41) is 45.1. The molecule has 2 aliphatic carbocycles. The van der Waals surface area contributed by atoms with E-state index in [2.05, 4.69) is 99.3 Å². The minimum absolute atomic E-state index is 0.0726. The van der Waals surface area contributed by atoms with Gasteiger partial charge in [-0.2, -0.15) is 10.2 Å². The maximum atomic E-state index is 13.9. The predicted octanol–water partition coefficient (Wildman–Crippen LogP) is 11.5. The smallest absolute Gasteiger partial charge is 0.156 e. The molecular weight excluding hydrogens is 897 g/mol. The van der Waals surface area contributed by atoms with E-state index in [4.69, 9.17) is 4.79 Å². The molecule has 4 heterocycles. The highest BCUT2D eigenvalue weighted by Gasteiger charge is 2.30. The predicted molar refractivity (Wildman–Crippen MR) is 276 cm³/mol. The Kier molecular flexibility index (Phi) is 14.6. The number of nitrogens with zero attached hydrogens (tertiary/aromatic N) is 11. The van der Waals surface area contributed by atoms with Gasteiger partial charge in [0.1, 0.15) is 29.6 Å². The van der Waals surface area contributed by atoms with Crippen LogP contribution < -0.4 is 15.5 Å². The van der Waals surface area contributed by atoms with Crippen LogP contribution in [0.1, 0.15) is 136 Å². The average Bonchev–Trinajstić information content (AvgIpc) is 4.29. The number of halogens is 2. The summed E-state index contributed by atoms with van der Waals surface area (Å²) in [6.07, 6.45) is 12.6. The van der Waals surface area contributed by atoms with Gasteiger partial charge in [-0.3, -0.25) is 0 Å². The molecule has 0 aliphatic heterocycles. The van der Waals surface area contributed by atoms with Crippen LogP contribution >= 0.6 is 0 Å². The average molecular weight is 964 g/mol. The molecule has 0 unspecified atom stereocenters. The molecule has 2 fully saturated rings. The third-order valence-electron chi connectivity index (χ3n) is 11.9. The van der Waals surface area contributed by atoms with Crippen molar-refractivity contribution in [3.63, 3.8) is 0 Å². The largest absolute Gasteiger partial charge is 0.368 e. The molecule has 4 aromatic carbocycles. The van der Waals surface area contributed by atoms with E-state index in [-0.39, 0.29) is 22.5 Å². The van der Waals surface area contributed by atoms with Crippen molar-refractivity contribution in [1.82, 2.24) is 50.4 Å². The zero-order valence-corrected chi connectivity index (χ0v) is 41.9. The van der Waals surface area contributed by atoms with Gasteiger partial charge in [-0.15, -0.1) is 20.4 Å². The van der Waals surface area contributed by atoms with Gasteiger partial charge in [0.15, 0.2) is 11.6 Å². The third-order valence-corrected chi connectivity index (χ3v) is 11.9. The van der Waals surface area contributed by atoms with E-state index in [0.717, 1.165) is 83.7 Å². The lowest BCUT2D eigenvalue weighted by atomic mass is 9.89. The Balaban J connectivity index is 0.000000185. The first-order valence-electron chi connectivity index (χ1n) is 25.3. The van der Waals surface area contributed by atoms with E-state index in [0.29, 0.717) is 53.4 Å². The fraction of sp³-hybridized carbons (Fsp3) is 0.400. The summed E-state index contributed by atoms with van der Waals surface area (Å²) in [7, 11) is 0. The quantitative estimate of drug-likeness (QED) is 0.0939. The van der Waals surface area contributed by atoms with E-state index in [1.165, 1.54) is 31.2 Å². The summed E-state index contributed by atoms with van der Waals surface area (Å²) in [6.45, 7) is 18.4. The lowest BCUT2D eigenvalue weighted by Crippen LogP contribution is -2.29. The number of carbonyl (C=O) groups is 1. The van der Waals surface area contributed by atoms with Gasteiger partial charge in [-0.1, -0.05) is 94.4 Å². The molecule has 370 valence electrons. The Morgan fingerprint density at radius 2 is 1.17 bits per heavy atom. The Hall–Kier alpha value is -7.23. The lowest BCUT2D eigenvalue weighted by molar-refractivity contribution is -0.106. The molecule has 71 heavy (non-hydrogen) atoms. The van der Waals surface area contributed by atoms with E-state index in [1.54, 1.807) is 36.7 Å². The van der Waals surface area contributed by atoms with Gasteiger partial charge in [0, 0.05) is 60.3 Å². The van der Waals surface area contributed by atoms with Crippen LogP contribution in [0.5, 0.6) is 0 Å². The SMILES string of the molecule is CC=O.[2H][C@@](Cc1ccc2cnnc(NCC(C)(C)C)c2c1)(c1ccc(F)cc1)c1cn(C2CC2)nn1.[2H][C@@](c1ccc(F)cc1)(c1cn(C2CC2)nn1)N(CC)c1ccc2cnnc(NCC(C)(C)C)c2c1. The van der Waals surface area contributed by atoms with Crippen molar-refractivity contribution < 1.29 is 16.3 Å². The van der Waals surface area contributed by atoms with Crippen molar-refractivity contribution in [2.45, 2.75) is 111 Å². The second-order valence-electron chi connectivity index (χ2n) is 20.5. The Morgan fingerprint density at radius 3 is 1.68 bits per heavy atom. The van der Waals surface area contributed by atoms with Crippen molar-refractivity contribution in [1.29, 1.82) is 0 Å². The standard InChI is InChI=1S/C27H32FN7.C26H29FN6.C2H4O/c1-5-34(22-11-8-19-15-30-32-26(23(19)14-22)29-17-27(2,3)4)25(18-6-9-20(28)10-7-18)24-16-35(33-31-24)21-12-13-21;1-26(2,3)16-28-25-23-13-17(4-5-19(23)14-29-31-25)12-22(18-6-8-20(27)9-7-18)24-15-33(32-30-24)21-10-11-21;1-2-3/h6-11,14-16,21,25H,5,12-13,17H2,1-4H3,(H,29,32);4-9,13-15,21-22H,10-12,16H2,1-3H3,(H,28,31);2H,1H3/t25-;22-;/m11./s1/i25D;22D;. The maximum absolute atomic E-state index is 13.9. The molecule has 14 nitrogen and oxygen atoms in total. The van der Waals surface area contributed by atoms with Crippen LogP contribution in [0.4, 0.5) is 26.1 Å². The number of hydrogen-bond donors (Lipinski definition) is 2. The van der Waals surface area contributed by atoms with Crippen molar-refractivity contribution in [3.05, 3.63) is 149 Å². The normalized spacial score (nSPS) is 15.7. The fourth-order valence-corrected chi connectivity index (χ4v) is 7.98. The molecule has 10 rings (SSSR count). The van der Waals surface area contributed by atoms with Crippen molar-refractivity contribution >= 4 is 45.2 Å². The molecule has 0 radical (unpaired) electrons. The van der Waals surface area contributed by atoms with E-state index in [9.17, 15) is 11.5 Å². The molecule has 8 aromatic rings. The van der Waals surface area contributed by atoms with Crippen LogP contribution in [0.3, 0.4) is 0 Å². The fourth-order valence-electron chi connectivity index (χ4n) is 7.98. The van der Waals surface area contributed by atoms with Gasteiger partial charge >= 0.3 is 0 Å². The number of nitrogens with one attached hydrogen (secondary N) is 2. The number of aromatic nitrogens is 10. The summed E-state index contributed by atoms with van der Waals surface area (Å²) in [5.41, 5.74) is 4.31. The zero-order valence-electron chi connectivity index (χ0n) is 43.9. The highest BCUT2D eigenvalue weighted by molar-refractivity contribution is 5.94. The Labute approximate surface area is 417 Å². The van der Waals surface area contributed by atoms with Gasteiger partial charge in [0.25, 0.3) is 0 Å². The number of benzene rings is 4. The number of carbonyl (C=O) groups excluding carboxylic acids is 1. The third kappa shape index (κ3) is 13.2. The molecule has 0 amide bonds. The van der Waals surface area contributed by atoms with Crippen LogP contribution in [-0.4, -0.2) is 76.3 Å². The van der Waals surface area contributed by atoms with E-state index >= 15 is 0 Å². The monoisotopic (exact) mass is 964 g/mol. The molecule has 0 saturated heterocycles. The summed E-state index contributed by atoms with van der Waals surface area (Å²) in [4.78, 5) is 10.8. The summed E-state index contributed by atoms with van der Waals surface area (Å²) in [5.74, 6) is -0.451. The number of rotatable bonds is 15. The molecule has 2 atom stereocenters. The number of aldehydes is 1. The van der Waals surface area contributed by atoms with Crippen molar-refractivity contribution in [3.8, 4) is 0 Å². The van der Waals surface area contributed by atoms with Gasteiger partial charge in [0.2, 0.25) is 0 Å². The van der Waals surface area contributed by atoms with Crippen LogP contribution in [0.25, 0.3) is 21.5 Å². The number of hydrogen-bond acceptors (Lipinski definition) is 12. The van der Waals surface area contributed by atoms with Crippen molar-refractivity contribution in [2.75, 3.05) is 35.2 Å². The first kappa shape index (κ1) is 47.4. The second-order valence-corrected chi connectivity index (χ2v) is 20.5. The van der Waals surface area contributed by atoms with Crippen LogP contribution in [0.15, 0.2) is 110 Å². The Bertz CT molecular complexity index is 3150. The molecule has 2 saturated carbocycles. The first-order valence-corrected chi connectivity index (χ1v) is 24.3. The van der Waals surface area contributed by atoms with E-state index < -0.39 is 11.9 Å². The van der Waals surface area contributed by atoms with Gasteiger partial charge in [-0.05, 0) is 116 Å².